The molecule has 2 N–H and O–H groups in total. The van der Waals surface area contributed by atoms with Crippen LogP contribution in [0.5, 0.6) is 0 Å². The highest BCUT2D eigenvalue weighted by Crippen LogP contribution is 2.12. The molecule has 0 bridgehead atoms. The summed E-state index contributed by atoms with van der Waals surface area (Å²) in [6.07, 6.45) is 1.40. The molecule has 0 radical (unpaired) electrons. The molecule has 15 heavy (non-hydrogen) atoms. The van der Waals surface area contributed by atoms with Gasteiger partial charge in [0.2, 0.25) is 0 Å². The molecule has 84 valence electrons. The highest BCUT2D eigenvalue weighted by atomic mass is 35.5. The van der Waals surface area contributed by atoms with E-state index in [1.807, 2.05) is 24.3 Å². The molecule has 1 aromatic carbocycles. The lowest BCUT2D eigenvalue weighted by molar-refractivity contribution is 0.172. The zero-order valence-electron chi connectivity index (χ0n) is 9.04. The minimum absolute atomic E-state index is 0.338. The second-order valence-electron chi connectivity index (χ2n) is 3.69. The van der Waals surface area contributed by atoms with Gasteiger partial charge in [-0.2, -0.15) is 0 Å². The average Bonchev–Trinajstić information content (AvgIpc) is 2.18. The van der Waals surface area contributed by atoms with E-state index in [2.05, 4.69) is 12.2 Å². The van der Waals surface area contributed by atoms with E-state index < -0.39 is 0 Å². The molecule has 1 unspecified atom stereocenters. The summed E-state index contributed by atoms with van der Waals surface area (Å²) in [5, 5.41) is 13.6. The molecular weight excluding hydrogens is 210 g/mol. The Morgan fingerprint density at radius 3 is 2.93 bits per heavy atom. The van der Waals surface area contributed by atoms with E-state index in [9.17, 15) is 5.11 Å². The molecule has 0 amide bonds. The van der Waals surface area contributed by atoms with E-state index in [0.717, 1.165) is 23.6 Å². The summed E-state index contributed by atoms with van der Waals surface area (Å²) in [5.74, 6) is 0. The lowest BCUT2D eigenvalue weighted by atomic mass is 10.1. The van der Waals surface area contributed by atoms with Crippen LogP contribution in [-0.4, -0.2) is 24.3 Å². The molecule has 1 atom stereocenters. The molecular formula is C12H18ClNO. The molecule has 2 nitrogen and oxygen atoms in total. The van der Waals surface area contributed by atoms with Gasteiger partial charge < -0.3 is 10.4 Å². The van der Waals surface area contributed by atoms with Crippen LogP contribution < -0.4 is 5.32 Å². The molecule has 1 aromatic rings. The topological polar surface area (TPSA) is 32.3 Å². The van der Waals surface area contributed by atoms with Gasteiger partial charge in [-0.1, -0.05) is 30.7 Å². The number of aliphatic hydroxyl groups is 1. The van der Waals surface area contributed by atoms with Gasteiger partial charge in [0.05, 0.1) is 6.10 Å². The first-order valence-corrected chi connectivity index (χ1v) is 5.73. The fraction of sp³-hybridized carbons (Fsp3) is 0.500. The van der Waals surface area contributed by atoms with Crippen LogP contribution in [-0.2, 0) is 6.42 Å². The normalized spacial score (nSPS) is 12.7. The van der Waals surface area contributed by atoms with Crippen LogP contribution in [0.2, 0.25) is 5.02 Å². The molecule has 3 heteroatoms. The number of nitrogens with one attached hydrogen (secondary N) is 1. The van der Waals surface area contributed by atoms with Crippen molar-refractivity contribution in [2.45, 2.75) is 25.9 Å². The standard InChI is InChI=1S/C12H18ClNO/c1-2-6-14-9-12(15)8-10-4-3-5-11(13)7-10/h3-5,7,12,14-15H,2,6,8-9H2,1H3. The Balaban J connectivity index is 2.34. The van der Waals surface area contributed by atoms with Crippen molar-refractivity contribution < 1.29 is 5.11 Å². The summed E-state index contributed by atoms with van der Waals surface area (Å²) >= 11 is 5.86. The summed E-state index contributed by atoms with van der Waals surface area (Å²) in [4.78, 5) is 0. The Morgan fingerprint density at radius 2 is 2.27 bits per heavy atom. The smallest absolute Gasteiger partial charge is 0.0704 e. The quantitative estimate of drug-likeness (QED) is 0.731. The van der Waals surface area contributed by atoms with Gasteiger partial charge in [-0.3, -0.25) is 0 Å². The van der Waals surface area contributed by atoms with Crippen LogP contribution >= 0.6 is 11.6 Å². The molecule has 0 heterocycles. The molecule has 0 aliphatic rings. The van der Waals surface area contributed by atoms with Crippen LogP contribution in [0.15, 0.2) is 24.3 Å². The van der Waals surface area contributed by atoms with Gasteiger partial charge in [0.1, 0.15) is 0 Å². The summed E-state index contributed by atoms with van der Waals surface area (Å²) in [6.45, 7) is 3.70. The maximum Gasteiger partial charge on any atom is 0.0704 e. The second kappa shape index (κ2) is 6.83. The van der Waals surface area contributed by atoms with Crippen molar-refractivity contribution in [3.8, 4) is 0 Å². The van der Waals surface area contributed by atoms with Gasteiger partial charge in [0.15, 0.2) is 0 Å². The van der Waals surface area contributed by atoms with E-state index in [-0.39, 0.29) is 6.10 Å². The Labute approximate surface area is 96.3 Å². The molecule has 0 fully saturated rings. The molecule has 0 aliphatic heterocycles. The number of rotatable bonds is 6. The highest BCUT2D eigenvalue weighted by Gasteiger charge is 2.04. The fourth-order valence-electron chi connectivity index (χ4n) is 1.45. The second-order valence-corrected chi connectivity index (χ2v) is 4.13. The fourth-order valence-corrected chi connectivity index (χ4v) is 1.67. The van der Waals surface area contributed by atoms with Crippen LogP contribution in [0.25, 0.3) is 0 Å². The first-order valence-electron chi connectivity index (χ1n) is 5.35. The van der Waals surface area contributed by atoms with E-state index in [1.54, 1.807) is 0 Å². The van der Waals surface area contributed by atoms with Crippen molar-refractivity contribution in [1.29, 1.82) is 0 Å². The molecule has 0 aliphatic carbocycles. The lowest BCUT2D eigenvalue weighted by Gasteiger charge is -2.11. The Kier molecular flexibility index (Phi) is 5.69. The molecule has 0 spiro atoms. The molecule has 1 rings (SSSR count). The van der Waals surface area contributed by atoms with Crippen molar-refractivity contribution in [2.75, 3.05) is 13.1 Å². The number of aliphatic hydroxyl groups excluding tert-OH is 1. The van der Waals surface area contributed by atoms with Crippen molar-refractivity contribution in [3.05, 3.63) is 34.9 Å². The summed E-state index contributed by atoms with van der Waals surface area (Å²) in [5.41, 5.74) is 1.08. The minimum atomic E-state index is -0.338. The predicted octanol–water partition coefficient (Wildman–Crippen LogP) is 2.24. The van der Waals surface area contributed by atoms with Gasteiger partial charge in [0, 0.05) is 11.6 Å². The molecule has 0 aromatic heterocycles. The van der Waals surface area contributed by atoms with Crippen molar-refractivity contribution >= 4 is 11.6 Å². The van der Waals surface area contributed by atoms with Crippen LogP contribution in [0.3, 0.4) is 0 Å². The first kappa shape index (κ1) is 12.5. The van der Waals surface area contributed by atoms with Gasteiger partial charge in [-0.05, 0) is 37.1 Å². The minimum Gasteiger partial charge on any atom is -0.391 e. The summed E-state index contributed by atoms with van der Waals surface area (Å²) in [7, 11) is 0. The summed E-state index contributed by atoms with van der Waals surface area (Å²) in [6, 6.07) is 7.62. The zero-order valence-corrected chi connectivity index (χ0v) is 9.80. The van der Waals surface area contributed by atoms with E-state index in [0.29, 0.717) is 13.0 Å². The highest BCUT2D eigenvalue weighted by molar-refractivity contribution is 6.30. The van der Waals surface area contributed by atoms with E-state index in [1.165, 1.54) is 0 Å². The maximum atomic E-state index is 9.71. The molecule has 0 saturated heterocycles. The van der Waals surface area contributed by atoms with Crippen molar-refractivity contribution in [1.82, 2.24) is 5.32 Å². The van der Waals surface area contributed by atoms with Crippen LogP contribution in [0.1, 0.15) is 18.9 Å². The lowest BCUT2D eigenvalue weighted by Crippen LogP contribution is -2.28. The Hall–Kier alpha value is -0.570. The third-order valence-corrected chi connectivity index (χ3v) is 2.40. The zero-order chi connectivity index (χ0) is 11.1. The van der Waals surface area contributed by atoms with Gasteiger partial charge >= 0.3 is 0 Å². The Bertz CT molecular complexity index is 291. The molecule has 0 saturated carbocycles. The first-order chi connectivity index (χ1) is 7.22. The number of hydrogen-bond donors (Lipinski definition) is 2. The SMILES string of the molecule is CCCNCC(O)Cc1cccc(Cl)c1. The largest absolute Gasteiger partial charge is 0.391 e. The van der Waals surface area contributed by atoms with Gasteiger partial charge in [-0.25, -0.2) is 0 Å². The predicted molar refractivity (Wildman–Crippen MR) is 64.3 cm³/mol. The third kappa shape index (κ3) is 5.17. The monoisotopic (exact) mass is 227 g/mol. The van der Waals surface area contributed by atoms with E-state index >= 15 is 0 Å². The van der Waals surface area contributed by atoms with Crippen LogP contribution in [0, 0.1) is 0 Å². The Morgan fingerprint density at radius 1 is 1.47 bits per heavy atom. The average molecular weight is 228 g/mol. The maximum absolute atomic E-state index is 9.71. The third-order valence-electron chi connectivity index (χ3n) is 2.17. The van der Waals surface area contributed by atoms with Crippen molar-refractivity contribution in [2.24, 2.45) is 0 Å². The van der Waals surface area contributed by atoms with Crippen LogP contribution in [0.4, 0.5) is 0 Å². The summed E-state index contributed by atoms with van der Waals surface area (Å²) < 4.78 is 0. The van der Waals surface area contributed by atoms with E-state index in [4.69, 9.17) is 11.6 Å². The van der Waals surface area contributed by atoms with Gasteiger partial charge in [-0.15, -0.1) is 0 Å². The van der Waals surface area contributed by atoms with Crippen molar-refractivity contribution in [3.63, 3.8) is 0 Å². The number of hydrogen-bond acceptors (Lipinski definition) is 2. The van der Waals surface area contributed by atoms with Gasteiger partial charge in [0.25, 0.3) is 0 Å². The number of halogens is 1. The number of benzene rings is 1.